The van der Waals surface area contributed by atoms with Crippen molar-refractivity contribution in [2.75, 3.05) is 24.4 Å². The zero-order valence-electron chi connectivity index (χ0n) is 14.5. The predicted molar refractivity (Wildman–Crippen MR) is 99.8 cm³/mol. The highest BCUT2D eigenvalue weighted by Gasteiger charge is 2.39. The van der Waals surface area contributed by atoms with Crippen LogP contribution in [0.5, 0.6) is 5.75 Å². The van der Waals surface area contributed by atoms with Crippen molar-refractivity contribution in [1.82, 2.24) is 0 Å². The predicted octanol–water partition coefficient (Wildman–Crippen LogP) is 2.92. The number of hydrogen-bond acceptors (Lipinski definition) is 6. The van der Waals surface area contributed by atoms with Crippen LogP contribution in [0.15, 0.2) is 59.3 Å². The largest absolute Gasteiger partial charge is 0.497 e. The summed E-state index contributed by atoms with van der Waals surface area (Å²) in [7, 11) is 2.79. The second kappa shape index (κ2) is 7.51. The first kappa shape index (κ1) is 18.5. The third-order valence-electron chi connectivity index (χ3n) is 3.91. The third-order valence-corrected chi connectivity index (χ3v) is 4.26. The SMILES string of the molecule is COC(=O)c1cccc(NC2=C(Cl)C(=O)N(c3ccc(OC)cc3)C2=O)c1. The minimum absolute atomic E-state index is 0.0699. The molecular weight excluding hydrogens is 372 g/mol. The molecule has 7 nitrogen and oxygen atoms in total. The molecule has 0 aromatic heterocycles. The second-order valence-electron chi connectivity index (χ2n) is 5.53. The molecule has 1 heterocycles. The zero-order chi connectivity index (χ0) is 19.6. The molecule has 3 rings (SSSR count). The Kier molecular flexibility index (Phi) is 5.14. The van der Waals surface area contributed by atoms with E-state index < -0.39 is 17.8 Å². The maximum absolute atomic E-state index is 12.7. The minimum atomic E-state index is -0.640. The van der Waals surface area contributed by atoms with Crippen LogP contribution >= 0.6 is 11.6 Å². The number of rotatable bonds is 5. The Bertz CT molecular complexity index is 953. The van der Waals surface area contributed by atoms with Gasteiger partial charge in [0.15, 0.2) is 0 Å². The standard InChI is InChI=1S/C19H15ClN2O5/c1-26-14-8-6-13(7-9-14)22-17(23)15(20)16(18(22)24)21-12-5-3-4-11(10-12)19(25)27-2/h3-10,21H,1-2H3. The number of carbonyl (C=O) groups excluding carboxylic acids is 3. The molecule has 1 N–H and O–H groups in total. The van der Waals surface area contributed by atoms with Gasteiger partial charge in [0.1, 0.15) is 16.5 Å². The van der Waals surface area contributed by atoms with Gasteiger partial charge in [-0.1, -0.05) is 17.7 Å². The number of esters is 1. The fraction of sp³-hybridized carbons (Fsp3) is 0.105. The molecule has 2 aromatic carbocycles. The number of halogens is 1. The van der Waals surface area contributed by atoms with Gasteiger partial charge in [-0.15, -0.1) is 0 Å². The van der Waals surface area contributed by atoms with Gasteiger partial charge in [-0.2, -0.15) is 0 Å². The van der Waals surface area contributed by atoms with Crippen LogP contribution in [0.25, 0.3) is 0 Å². The highest BCUT2D eigenvalue weighted by molar-refractivity contribution is 6.53. The molecule has 1 aliphatic rings. The Labute approximate surface area is 160 Å². The maximum atomic E-state index is 12.7. The van der Waals surface area contributed by atoms with Gasteiger partial charge in [0, 0.05) is 5.69 Å². The molecule has 1 aliphatic heterocycles. The number of imide groups is 1. The van der Waals surface area contributed by atoms with Gasteiger partial charge in [0.25, 0.3) is 11.8 Å². The van der Waals surface area contributed by atoms with Gasteiger partial charge < -0.3 is 14.8 Å². The van der Waals surface area contributed by atoms with Gasteiger partial charge >= 0.3 is 5.97 Å². The van der Waals surface area contributed by atoms with Gasteiger partial charge in [0.05, 0.1) is 25.5 Å². The van der Waals surface area contributed by atoms with Crippen molar-refractivity contribution in [2.24, 2.45) is 0 Å². The smallest absolute Gasteiger partial charge is 0.337 e. The van der Waals surface area contributed by atoms with Crippen LogP contribution in [-0.2, 0) is 14.3 Å². The number of amides is 2. The Balaban J connectivity index is 1.87. The van der Waals surface area contributed by atoms with Crippen LogP contribution in [0.1, 0.15) is 10.4 Å². The van der Waals surface area contributed by atoms with Crippen LogP contribution in [0.2, 0.25) is 0 Å². The Morgan fingerprint density at radius 2 is 1.74 bits per heavy atom. The monoisotopic (exact) mass is 386 g/mol. The van der Waals surface area contributed by atoms with Gasteiger partial charge in [-0.05, 0) is 42.5 Å². The van der Waals surface area contributed by atoms with E-state index in [4.69, 9.17) is 16.3 Å². The maximum Gasteiger partial charge on any atom is 0.337 e. The highest BCUT2D eigenvalue weighted by Crippen LogP contribution is 2.31. The van der Waals surface area contributed by atoms with Crippen molar-refractivity contribution in [1.29, 1.82) is 0 Å². The molecule has 0 radical (unpaired) electrons. The van der Waals surface area contributed by atoms with Crippen molar-refractivity contribution in [2.45, 2.75) is 0 Å². The molecule has 0 aliphatic carbocycles. The minimum Gasteiger partial charge on any atom is -0.497 e. The lowest BCUT2D eigenvalue weighted by Crippen LogP contribution is -2.32. The molecule has 2 amide bonds. The van der Waals surface area contributed by atoms with Crippen molar-refractivity contribution < 1.29 is 23.9 Å². The summed E-state index contributed by atoms with van der Waals surface area (Å²) in [6, 6.07) is 12.8. The van der Waals surface area contributed by atoms with Gasteiger partial charge in [-0.25, -0.2) is 9.69 Å². The second-order valence-corrected chi connectivity index (χ2v) is 5.91. The van der Waals surface area contributed by atoms with Crippen molar-refractivity contribution in [3.63, 3.8) is 0 Å². The fourth-order valence-electron chi connectivity index (χ4n) is 2.56. The quantitative estimate of drug-likeness (QED) is 0.628. The van der Waals surface area contributed by atoms with Crippen molar-refractivity contribution in [3.05, 3.63) is 64.8 Å². The molecule has 0 saturated carbocycles. The number of carbonyl (C=O) groups is 3. The van der Waals surface area contributed by atoms with E-state index in [2.05, 4.69) is 10.1 Å². The van der Waals surface area contributed by atoms with E-state index >= 15 is 0 Å². The summed E-state index contributed by atoms with van der Waals surface area (Å²) in [6.07, 6.45) is 0. The zero-order valence-corrected chi connectivity index (χ0v) is 15.2. The fourth-order valence-corrected chi connectivity index (χ4v) is 2.78. The first-order chi connectivity index (χ1) is 13.0. The molecule has 0 saturated heterocycles. The van der Waals surface area contributed by atoms with Crippen LogP contribution in [0, 0.1) is 0 Å². The Morgan fingerprint density at radius 1 is 1.04 bits per heavy atom. The molecule has 0 atom stereocenters. The summed E-state index contributed by atoms with van der Waals surface area (Å²) in [5.41, 5.74) is 1.01. The van der Waals surface area contributed by atoms with Gasteiger partial charge in [-0.3, -0.25) is 9.59 Å². The first-order valence-corrected chi connectivity index (χ1v) is 8.22. The van der Waals surface area contributed by atoms with E-state index in [0.29, 0.717) is 22.7 Å². The number of ether oxygens (including phenoxy) is 2. The van der Waals surface area contributed by atoms with E-state index in [1.165, 1.54) is 20.3 Å². The normalized spacial score (nSPS) is 13.8. The topological polar surface area (TPSA) is 84.9 Å². The molecule has 138 valence electrons. The third kappa shape index (κ3) is 3.50. The lowest BCUT2D eigenvalue weighted by Gasteiger charge is -2.15. The number of methoxy groups -OCH3 is 2. The molecule has 0 spiro atoms. The number of nitrogens with zero attached hydrogens (tertiary/aromatic N) is 1. The molecule has 0 unspecified atom stereocenters. The Morgan fingerprint density at radius 3 is 2.37 bits per heavy atom. The molecule has 0 bridgehead atoms. The van der Waals surface area contributed by atoms with Crippen LogP contribution in [-0.4, -0.2) is 32.0 Å². The van der Waals surface area contributed by atoms with Crippen LogP contribution in [0.3, 0.4) is 0 Å². The summed E-state index contributed by atoms with van der Waals surface area (Å²) in [4.78, 5) is 37.8. The summed E-state index contributed by atoms with van der Waals surface area (Å²) in [6.45, 7) is 0. The molecule has 0 fully saturated rings. The number of nitrogens with one attached hydrogen (secondary N) is 1. The van der Waals surface area contributed by atoms with E-state index in [0.717, 1.165) is 4.90 Å². The van der Waals surface area contributed by atoms with Crippen molar-refractivity contribution >= 4 is 40.8 Å². The first-order valence-electron chi connectivity index (χ1n) is 7.84. The van der Waals surface area contributed by atoms with Crippen molar-refractivity contribution in [3.8, 4) is 5.75 Å². The van der Waals surface area contributed by atoms with E-state index in [1.54, 1.807) is 42.5 Å². The highest BCUT2D eigenvalue weighted by atomic mass is 35.5. The van der Waals surface area contributed by atoms with E-state index in [9.17, 15) is 14.4 Å². The molecule has 27 heavy (non-hydrogen) atoms. The summed E-state index contributed by atoms with van der Waals surface area (Å²) >= 11 is 6.10. The lowest BCUT2D eigenvalue weighted by atomic mass is 10.2. The van der Waals surface area contributed by atoms with Crippen LogP contribution < -0.4 is 15.0 Å². The lowest BCUT2D eigenvalue weighted by molar-refractivity contribution is -0.120. The molecule has 2 aromatic rings. The van der Waals surface area contributed by atoms with E-state index in [1.807, 2.05) is 0 Å². The van der Waals surface area contributed by atoms with E-state index in [-0.39, 0.29) is 10.7 Å². The van der Waals surface area contributed by atoms with Crippen LogP contribution in [0.4, 0.5) is 11.4 Å². The molecule has 8 heteroatoms. The number of hydrogen-bond donors (Lipinski definition) is 1. The summed E-state index contributed by atoms with van der Waals surface area (Å²) in [5, 5.41) is 2.58. The average molecular weight is 387 g/mol. The number of anilines is 2. The molecular formula is C19H15ClN2O5. The van der Waals surface area contributed by atoms with Gasteiger partial charge in [0.2, 0.25) is 0 Å². The summed E-state index contributed by atoms with van der Waals surface area (Å²) < 4.78 is 9.74. The Hall–Kier alpha value is -3.32. The summed E-state index contributed by atoms with van der Waals surface area (Å²) in [5.74, 6) is -1.17. The average Bonchev–Trinajstić information content (AvgIpc) is 2.91. The number of benzene rings is 2.